The summed E-state index contributed by atoms with van der Waals surface area (Å²) in [5.41, 5.74) is 0. The molecule has 1 fully saturated rings. The third-order valence-corrected chi connectivity index (χ3v) is 3.25. The van der Waals surface area contributed by atoms with E-state index < -0.39 is 0 Å². The monoisotopic (exact) mass is 212 g/mol. The molecule has 0 aromatic carbocycles. The zero-order valence-corrected chi connectivity index (χ0v) is 10.6. The molecule has 90 valence electrons. The molecule has 0 aromatic rings. The quantitative estimate of drug-likeness (QED) is 0.728. The Morgan fingerprint density at radius 3 is 2.53 bits per heavy atom. The molecule has 1 N–H and O–H groups in total. The predicted octanol–water partition coefficient (Wildman–Crippen LogP) is 2.50. The summed E-state index contributed by atoms with van der Waals surface area (Å²) in [4.78, 5) is 2.65. The zero-order chi connectivity index (χ0) is 10.9. The highest BCUT2D eigenvalue weighted by molar-refractivity contribution is 4.71. The van der Waals surface area contributed by atoms with E-state index in [9.17, 15) is 0 Å². The Hall–Kier alpha value is -0.0800. The molecule has 0 aliphatic carbocycles. The molecule has 2 nitrogen and oxygen atoms in total. The number of rotatable bonds is 6. The Bertz CT molecular complexity index is 133. The summed E-state index contributed by atoms with van der Waals surface area (Å²) >= 11 is 0. The van der Waals surface area contributed by atoms with Gasteiger partial charge in [0, 0.05) is 6.54 Å². The molecular weight excluding hydrogens is 184 g/mol. The summed E-state index contributed by atoms with van der Waals surface area (Å²) in [6.07, 6.45) is 6.80. The second-order valence-electron chi connectivity index (χ2n) is 4.87. The van der Waals surface area contributed by atoms with Crippen LogP contribution in [0.25, 0.3) is 0 Å². The molecule has 0 bridgehead atoms. The van der Waals surface area contributed by atoms with Crippen molar-refractivity contribution in [3.8, 4) is 0 Å². The third kappa shape index (κ3) is 5.53. The summed E-state index contributed by atoms with van der Waals surface area (Å²) < 4.78 is 0. The average molecular weight is 212 g/mol. The lowest BCUT2D eigenvalue weighted by atomic mass is 10.0. The van der Waals surface area contributed by atoms with Gasteiger partial charge < -0.3 is 10.2 Å². The molecule has 1 unspecified atom stereocenters. The van der Waals surface area contributed by atoms with Crippen molar-refractivity contribution in [1.29, 1.82) is 0 Å². The lowest BCUT2D eigenvalue weighted by Crippen LogP contribution is -2.34. The molecule has 1 heterocycles. The van der Waals surface area contributed by atoms with E-state index in [1.807, 2.05) is 0 Å². The van der Waals surface area contributed by atoms with Gasteiger partial charge in [-0.05, 0) is 57.8 Å². The molecule has 0 amide bonds. The van der Waals surface area contributed by atoms with Gasteiger partial charge in [0.2, 0.25) is 0 Å². The van der Waals surface area contributed by atoms with Gasteiger partial charge in [0.05, 0.1) is 0 Å². The van der Waals surface area contributed by atoms with Crippen LogP contribution in [0.2, 0.25) is 0 Å². The Kier molecular flexibility index (Phi) is 7.03. The van der Waals surface area contributed by atoms with E-state index in [1.165, 1.54) is 64.8 Å². The molecule has 1 aliphatic heterocycles. The first-order valence-electron chi connectivity index (χ1n) is 6.79. The van der Waals surface area contributed by atoms with Crippen LogP contribution in [0.5, 0.6) is 0 Å². The van der Waals surface area contributed by atoms with Crippen LogP contribution in [-0.4, -0.2) is 37.6 Å². The van der Waals surface area contributed by atoms with Crippen molar-refractivity contribution < 1.29 is 0 Å². The Morgan fingerprint density at radius 1 is 1.13 bits per heavy atom. The first-order chi connectivity index (χ1) is 7.36. The minimum atomic E-state index is 0.894. The van der Waals surface area contributed by atoms with Crippen LogP contribution in [0.3, 0.4) is 0 Å². The molecule has 1 aliphatic rings. The smallest absolute Gasteiger partial charge is 0.00218 e. The predicted molar refractivity (Wildman–Crippen MR) is 67.2 cm³/mol. The van der Waals surface area contributed by atoms with Gasteiger partial charge >= 0.3 is 0 Å². The van der Waals surface area contributed by atoms with E-state index in [2.05, 4.69) is 24.1 Å². The van der Waals surface area contributed by atoms with E-state index in [1.54, 1.807) is 0 Å². The largest absolute Gasteiger partial charge is 0.316 e. The Morgan fingerprint density at radius 2 is 1.87 bits per heavy atom. The number of hydrogen-bond donors (Lipinski definition) is 1. The van der Waals surface area contributed by atoms with Crippen molar-refractivity contribution in [3.05, 3.63) is 0 Å². The molecule has 0 saturated carbocycles. The molecule has 0 aromatic heterocycles. The average Bonchev–Trinajstić information content (AvgIpc) is 2.47. The summed E-state index contributed by atoms with van der Waals surface area (Å²) in [5.74, 6) is 0.894. The summed E-state index contributed by atoms with van der Waals surface area (Å²) in [7, 11) is 0. The van der Waals surface area contributed by atoms with Crippen LogP contribution in [0.15, 0.2) is 0 Å². The first-order valence-corrected chi connectivity index (χ1v) is 6.79. The fourth-order valence-corrected chi connectivity index (χ4v) is 2.54. The molecule has 0 radical (unpaired) electrons. The van der Waals surface area contributed by atoms with Crippen LogP contribution in [-0.2, 0) is 0 Å². The highest BCUT2D eigenvalue weighted by Crippen LogP contribution is 2.13. The van der Waals surface area contributed by atoms with Gasteiger partial charge in [-0.1, -0.05) is 20.3 Å². The topological polar surface area (TPSA) is 15.3 Å². The maximum atomic E-state index is 3.56. The van der Waals surface area contributed by atoms with Crippen molar-refractivity contribution in [2.24, 2.45) is 5.92 Å². The van der Waals surface area contributed by atoms with Crippen molar-refractivity contribution >= 4 is 0 Å². The Labute approximate surface area is 95.4 Å². The summed E-state index contributed by atoms with van der Waals surface area (Å²) in [6, 6.07) is 0. The summed E-state index contributed by atoms with van der Waals surface area (Å²) in [6.45, 7) is 10.9. The second kappa shape index (κ2) is 8.12. The molecule has 0 spiro atoms. The SMILES string of the molecule is CCCN(CCC)CC1CCCCNC1. The van der Waals surface area contributed by atoms with Gasteiger partial charge in [-0.2, -0.15) is 0 Å². The molecule has 2 heteroatoms. The van der Waals surface area contributed by atoms with E-state index in [4.69, 9.17) is 0 Å². The number of hydrogen-bond acceptors (Lipinski definition) is 2. The molecule has 15 heavy (non-hydrogen) atoms. The third-order valence-electron chi connectivity index (χ3n) is 3.25. The molecule has 1 atom stereocenters. The van der Waals surface area contributed by atoms with E-state index in [0.717, 1.165) is 5.92 Å². The van der Waals surface area contributed by atoms with Crippen molar-refractivity contribution in [2.75, 3.05) is 32.7 Å². The van der Waals surface area contributed by atoms with Crippen LogP contribution in [0.4, 0.5) is 0 Å². The van der Waals surface area contributed by atoms with Crippen LogP contribution >= 0.6 is 0 Å². The highest BCUT2D eigenvalue weighted by Gasteiger charge is 2.14. The lowest BCUT2D eigenvalue weighted by molar-refractivity contribution is 0.224. The van der Waals surface area contributed by atoms with Gasteiger partial charge in [-0.3, -0.25) is 0 Å². The maximum Gasteiger partial charge on any atom is 0.00218 e. The van der Waals surface area contributed by atoms with Gasteiger partial charge in [0.15, 0.2) is 0 Å². The van der Waals surface area contributed by atoms with E-state index >= 15 is 0 Å². The molecule has 1 saturated heterocycles. The van der Waals surface area contributed by atoms with Crippen molar-refractivity contribution in [3.63, 3.8) is 0 Å². The fourth-order valence-electron chi connectivity index (χ4n) is 2.54. The highest BCUT2D eigenvalue weighted by atomic mass is 15.1. The van der Waals surface area contributed by atoms with Crippen molar-refractivity contribution in [2.45, 2.75) is 46.0 Å². The standard InChI is InChI=1S/C13H28N2/c1-3-9-15(10-4-2)12-13-7-5-6-8-14-11-13/h13-14H,3-12H2,1-2H3. The molecule has 1 rings (SSSR count). The van der Waals surface area contributed by atoms with Crippen LogP contribution < -0.4 is 5.32 Å². The van der Waals surface area contributed by atoms with Gasteiger partial charge in [-0.15, -0.1) is 0 Å². The van der Waals surface area contributed by atoms with Crippen LogP contribution in [0, 0.1) is 5.92 Å². The van der Waals surface area contributed by atoms with Crippen molar-refractivity contribution in [1.82, 2.24) is 10.2 Å². The number of nitrogens with zero attached hydrogens (tertiary/aromatic N) is 1. The number of nitrogens with one attached hydrogen (secondary N) is 1. The minimum absolute atomic E-state index is 0.894. The second-order valence-corrected chi connectivity index (χ2v) is 4.87. The van der Waals surface area contributed by atoms with E-state index in [-0.39, 0.29) is 0 Å². The van der Waals surface area contributed by atoms with Crippen LogP contribution in [0.1, 0.15) is 46.0 Å². The first kappa shape index (κ1) is 13.0. The van der Waals surface area contributed by atoms with E-state index in [0.29, 0.717) is 0 Å². The Balaban J connectivity index is 2.27. The maximum absolute atomic E-state index is 3.56. The van der Waals surface area contributed by atoms with Gasteiger partial charge in [0.25, 0.3) is 0 Å². The van der Waals surface area contributed by atoms with Gasteiger partial charge in [-0.25, -0.2) is 0 Å². The minimum Gasteiger partial charge on any atom is -0.316 e. The molecular formula is C13H28N2. The zero-order valence-electron chi connectivity index (χ0n) is 10.6. The summed E-state index contributed by atoms with van der Waals surface area (Å²) in [5, 5.41) is 3.56. The lowest BCUT2D eigenvalue weighted by Gasteiger charge is -2.26. The fraction of sp³-hybridized carbons (Fsp3) is 1.00. The van der Waals surface area contributed by atoms with Gasteiger partial charge in [0.1, 0.15) is 0 Å². The normalized spacial score (nSPS) is 23.0.